The van der Waals surface area contributed by atoms with E-state index < -0.39 is 5.54 Å². The van der Waals surface area contributed by atoms with Gasteiger partial charge in [0.25, 0.3) is 0 Å². The summed E-state index contributed by atoms with van der Waals surface area (Å²) in [4.78, 5) is 12.5. The minimum atomic E-state index is -0.570. The highest BCUT2D eigenvalue weighted by molar-refractivity contribution is 6.42. The molecule has 1 N–H and O–H groups in total. The van der Waals surface area contributed by atoms with Gasteiger partial charge in [-0.3, -0.25) is 4.79 Å². The van der Waals surface area contributed by atoms with Crippen LogP contribution in [-0.2, 0) is 16.8 Å². The Balaban J connectivity index is 1.70. The van der Waals surface area contributed by atoms with Gasteiger partial charge < -0.3 is 14.8 Å². The molecule has 2 aromatic carbocycles. The molecule has 1 aliphatic rings. The molecule has 4 nitrogen and oxygen atoms in total. The van der Waals surface area contributed by atoms with Crippen molar-refractivity contribution in [1.82, 2.24) is 5.32 Å². The zero-order chi connectivity index (χ0) is 18.0. The van der Waals surface area contributed by atoms with E-state index in [0.717, 1.165) is 11.1 Å². The van der Waals surface area contributed by atoms with Crippen molar-refractivity contribution in [2.45, 2.75) is 25.8 Å². The average molecular weight is 380 g/mol. The molecule has 0 saturated carbocycles. The number of hydrogen-bond donors (Lipinski definition) is 1. The van der Waals surface area contributed by atoms with Gasteiger partial charge in [-0.1, -0.05) is 35.3 Å². The molecule has 0 unspecified atom stereocenters. The minimum Gasteiger partial charge on any atom is -0.486 e. The largest absolute Gasteiger partial charge is 0.486 e. The summed E-state index contributed by atoms with van der Waals surface area (Å²) in [7, 11) is 0. The van der Waals surface area contributed by atoms with E-state index in [1.807, 2.05) is 38.1 Å². The second-order valence-electron chi connectivity index (χ2n) is 6.46. The third-order valence-electron chi connectivity index (χ3n) is 4.06. The lowest BCUT2D eigenvalue weighted by Crippen LogP contribution is -2.41. The Morgan fingerprint density at radius 2 is 1.76 bits per heavy atom. The van der Waals surface area contributed by atoms with Crippen molar-refractivity contribution in [2.75, 3.05) is 13.2 Å². The van der Waals surface area contributed by atoms with Gasteiger partial charge >= 0.3 is 0 Å². The summed E-state index contributed by atoms with van der Waals surface area (Å²) < 4.78 is 11.1. The standard InChI is InChI=1S/C19H19Cl2NO3/c1-19(2,13-4-5-14(20)15(21)11-13)22-18(23)10-12-3-6-16-17(9-12)25-8-7-24-16/h3-6,9,11H,7-8,10H2,1-2H3,(H,22,23). The molecule has 0 radical (unpaired) electrons. The summed E-state index contributed by atoms with van der Waals surface area (Å²) in [5.41, 5.74) is 1.18. The molecule has 0 spiro atoms. The van der Waals surface area contributed by atoms with Crippen LogP contribution in [0.1, 0.15) is 25.0 Å². The fourth-order valence-corrected chi connectivity index (χ4v) is 3.03. The topological polar surface area (TPSA) is 47.6 Å². The number of halogens is 2. The number of carbonyl (C=O) groups is 1. The van der Waals surface area contributed by atoms with Crippen LogP contribution < -0.4 is 14.8 Å². The number of amides is 1. The molecule has 3 rings (SSSR count). The molecular formula is C19H19Cl2NO3. The zero-order valence-electron chi connectivity index (χ0n) is 14.1. The van der Waals surface area contributed by atoms with Gasteiger partial charge in [-0.25, -0.2) is 0 Å². The number of fused-ring (bicyclic) bond motifs is 1. The van der Waals surface area contributed by atoms with Crippen LogP contribution in [0.2, 0.25) is 10.0 Å². The first-order valence-corrected chi connectivity index (χ1v) is 8.76. The van der Waals surface area contributed by atoms with Crippen molar-refractivity contribution < 1.29 is 14.3 Å². The molecular weight excluding hydrogens is 361 g/mol. The number of benzene rings is 2. The molecule has 0 fully saturated rings. The van der Waals surface area contributed by atoms with Crippen LogP contribution in [0.4, 0.5) is 0 Å². The highest BCUT2D eigenvalue weighted by atomic mass is 35.5. The molecule has 0 saturated heterocycles. The van der Waals surface area contributed by atoms with Crippen LogP contribution >= 0.6 is 23.2 Å². The third kappa shape index (κ3) is 4.20. The summed E-state index contributed by atoms with van der Waals surface area (Å²) >= 11 is 12.0. The van der Waals surface area contributed by atoms with Crippen LogP contribution in [0.15, 0.2) is 36.4 Å². The lowest BCUT2D eigenvalue weighted by Gasteiger charge is -2.27. The Morgan fingerprint density at radius 1 is 1.04 bits per heavy atom. The van der Waals surface area contributed by atoms with Crippen LogP contribution in [0.25, 0.3) is 0 Å². The zero-order valence-corrected chi connectivity index (χ0v) is 15.6. The highest BCUT2D eigenvalue weighted by Crippen LogP contribution is 2.31. The SMILES string of the molecule is CC(C)(NC(=O)Cc1ccc2c(c1)OCCO2)c1ccc(Cl)c(Cl)c1. The van der Waals surface area contributed by atoms with Gasteiger partial charge in [0.1, 0.15) is 13.2 Å². The van der Waals surface area contributed by atoms with Crippen LogP contribution in [0, 0.1) is 0 Å². The third-order valence-corrected chi connectivity index (χ3v) is 4.80. The second kappa shape index (κ2) is 7.14. The summed E-state index contributed by atoms with van der Waals surface area (Å²) in [6.07, 6.45) is 0.251. The van der Waals surface area contributed by atoms with E-state index in [4.69, 9.17) is 32.7 Å². The molecule has 0 bridgehead atoms. The van der Waals surface area contributed by atoms with Crippen molar-refractivity contribution >= 4 is 29.1 Å². The average Bonchev–Trinajstić information content (AvgIpc) is 2.56. The van der Waals surface area contributed by atoms with Gasteiger partial charge in [0.2, 0.25) is 5.91 Å². The lowest BCUT2D eigenvalue weighted by molar-refractivity contribution is -0.122. The van der Waals surface area contributed by atoms with E-state index in [0.29, 0.717) is 34.8 Å². The van der Waals surface area contributed by atoms with Gasteiger partial charge in [-0.05, 0) is 49.2 Å². The van der Waals surface area contributed by atoms with E-state index >= 15 is 0 Å². The maximum Gasteiger partial charge on any atom is 0.225 e. The first-order valence-electron chi connectivity index (χ1n) is 8.00. The van der Waals surface area contributed by atoms with E-state index in [1.165, 1.54) is 0 Å². The van der Waals surface area contributed by atoms with Gasteiger partial charge in [0.05, 0.1) is 22.0 Å². The first kappa shape index (κ1) is 17.9. The predicted octanol–water partition coefficient (Wildman–Crippen LogP) is 4.36. The molecule has 6 heteroatoms. The smallest absolute Gasteiger partial charge is 0.225 e. The number of ether oxygens (including phenoxy) is 2. The highest BCUT2D eigenvalue weighted by Gasteiger charge is 2.24. The normalized spacial score (nSPS) is 13.4. The Kier molecular flexibility index (Phi) is 5.11. The Labute approximate surface area is 157 Å². The fraction of sp³-hybridized carbons (Fsp3) is 0.316. The quantitative estimate of drug-likeness (QED) is 0.858. The van der Waals surface area contributed by atoms with Gasteiger partial charge in [-0.2, -0.15) is 0 Å². The van der Waals surface area contributed by atoms with Crippen molar-refractivity contribution in [3.63, 3.8) is 0 Å². The Bertz CT molecular complexity index is 805. The molecule has 0 aliphatic carbocycles. The van der Waals surface area contributed by atoms with Crippen LogP contribution in [0.5, 0.6) is 11.5 Å². The Hall–Kier alpha value is -1.91. The molecule has 1 heterocycles. The molecule has 1 aliphatic heterocycles. The van der Waals surface area contributed by atoms with Crippen LogP contribution in [-0.4, -0.2) is 19.1 Å². The number of hydrogen-bond acceptors (Lipinski definition) is 3. The fourth-order valence-electron chi connectivity index (χ4n) is 2.73. The number of rotatable bonds is 4. The van der Waals surface area contributed by atoms with E-state index in [2.05, 4.69) is 5.32 Å². The van der Waals surface area contributed by atoms with Crippen LogP contribution in [0.3, 0.4) is 0 Å². The molecule has 2 aromatic rings. The number of carbonyl (C=O) groups excluding carboxylic acids is 1. The van der Waals surface area contributed by atoms with Crippen molar-refractivity contribution in [3.05, 3.63) is 57.6 Å². The summed E-state index contributed by atoms with van der Waals surface area (Å²) in [6, 6.07) is 10.9. The molecule has 0 aromatic heterocycles. The molecule has 0 atom stereocenters. The van der Waals surface area contributed by atoms with Gasteiger partial charge in [-0.15, -0.1) is 0 Å². The first-order chi connectivity index (χ1) is 11.8. The lowest BCUT2D eigenvalue weighted by atomic mass is 9.94. The summed E-state index contributed by atoms with van der Waals surface area (Å²) in [5.74, 6) is 1.31. The molecule has 25 heavy (non-hydrogen) atoms. The van der Waals surface area contributed by atoms with E-state index in [-0.39, 0.29) is 12.3 Å². The van der Waals surface area contributed by atoms with E-state index in [1.54, 1.807) is 12.1 Å². The molecule has 132 valence electrons. The summed E-state index contributed by atoms with van der Waals surface area (Å²) in [5, 5.41) is 3.99. The van der Waals surface area contributed by atoms with Gasteiger partial charge in [0.15, 0.2) is 11.5 Å². The van der Waals surface area contributed by atoms with Crippen molar-refractivity contribution in [3.8, 4) is 11.5 Å². The Morgan fingerprint density at radius 3 is 2.48 bits per heavy atom. The minimum absolute atomic E-state index is 0.0900. The van der Waals surface area contributed by atoms with E-state index in [9.17, 15) is 4.79 Å². The number of nitrogens with one attached hydrogen (secondary N) is 1. The van der Waals surface area contributed by atoms with Crippen molar-refractivity contribution in [2.24, 2.45) is 0 Å². The molecule has 1 amide bonds. The van der Waals surface area contributed by atoms with Gasteiger partial charge in [0, 0.05) is 0 Å². The van der Waals surface area contributed by atoms with Crippen molar-refractivity contribution in [1.29, 1.82) is 0 Å². The summed E-state index contributed by atoms with van der Waals surface area (Å²) in [6.45, 7) is 4.92. The maximum atomic E-state index is 12.5. The monoisotopic (exact) mass is 379 g/mol. The predicted molar refractivity (Wildman–Crippen MR) is 98.8 cm³/mol. The maximum absolute atomic E-state index is 12.5. The second-order valence-corrected chi connectivity index (χ2v) is 7.27.